The van der Waals surface area contributed by atoms with Crippen LogP contribution in [0.5, 0.6) is 0 Å². The van der Waals surface area contributed by atoms with Crippen molar-refractivity contribution < 1.29 is 9.84 Å². The van der Waals surface area contributed by atoms with Gasteiger partial charge in [-0.3, -0.25) is 0 Å². The molecule has 3 heteroatoms. The lowest BCUT2D eigenvalue weighted by Gasteiger charge is -2.50. The van der Waals surface area contributed by atoms with E-state index in [9.17, 15) is 5.11 Å². The molecule has 86 valence electrons. The lowest BCUT2D eigenvalue weighted by Crippen LogP contribution is -2.60. The van der Waals surface area contributed by atoms with Gasteiger partial charge in [-0.2, -0.15) is 0 Å². The molecule has 1 aliphatic rings. The average molecular weight is 226 g/mol. The van der Waals surface area contributed by atoms with Crippen molar-refractivity contribution in [3.8, 4) is 0 Å². The highest BCUT2D eigenvalue weighted by Crippen LogP contribution is 2.46. The van der Waals surface area contributed by atoms with Gasteiger partial charge >= 0.3 is 0 Å². The second-order valence-corrected chi connectivity index (χ2v) is 10.6. The minimum atomic E-state index is -1.45. The number of unbranched alkanes of at least 4 members (excludes halogenated alkanes) is 1. The third-order valence-electron chi connectivity index (χ3n) is 3.35. The van der Waals surface area contributed by atoms with Crippen LogP contribution in [-0.4, -0.2) is 18.4 Å². The fourth-order valence-corrected chi connectivity index (χ4v) is 4.83. The summed E-state index contributed by atoms with van der Waals surface area (Å²) in [7, 11) is -1.45. The Morgan fingerprint density at radius 3 is 2.40 bits per heavy atom. The van der Waals surface area contributed by atoms with Crippen molar-refractivity contribution in [3.05, 3.63) is 24.2 Å². The lowest BCUT2D eigenvalue weighted by molar-refractivity contribution is -0.0473. The maximum absolute atomic E-state index is 9.43. The molecule has 1 unspecified atom stereocenters. The first-order valence-corrected chi connectivity index (χ1v) is 9.05. The molecule has 1 atom stereocenters. The summed E-state index contributed by atoms with van der Waals surface area (Å²) in [5.41, 5.74) is 1.05. The molecule has 0 radical (unpaired) electrons. The summed E-state index contributed by atoms with van der Waals surface area (Å²) >= 11 is 0. The van der Waals surface area contributed by atoms with E-state index < -0.39 is 8.07 Å². The molecule has 0 aromatic carbocycles. The van der Waals surface area contributed by atoms with Crippen LogP contribution in [0, 0.1) is 0 Å². The number of hydrogen-bond acceptors (Lipinski definition) is 2. The largest absolute Gasteiger partial charge is 0.481 e. The van der Waals surface area contributed by atoms with Gasteiger partial charge in [-0.25, -0.2) is 0 Å². The van der Waals surface area contributed by atoms with Crippen LogP contribution in [0.1, 0.15) is 26.2 Å². The molecule has 0 saturated carbocycles. The summed E-state index contributed by atoms with van der Waals surface area (Å²) in [4.78, 5) is 0. The minimum absolute atomic E-state index is 0.139. The molecule has 1 rings (SSSR count). The third-order valence-corrected chi connectivity index (χ3v) is 6.50. The van der Waals surface area contributed by atoms with Crippen molar-refractivity contribution in [3.63, 3.8) is 0 Å². The molecule has 0 aromatic heterocycles. The van der Waals surface area contributed by atoms with Crippen LogP contribution in [0.25, 0.3) is 0 Å². The minimum Gasteiger partial charge on any atom is -0.481 e. The first kappa shape index (κ1) is 12.4. The van der Waals surface area contributed by atoms with Gasteiger partial charge in [0, 0.05) is 5.57 Å². The topological polar surface area (TPSA) is 29.5 Å². The Balaban J connectivity index is 2.78. The Bertz CT molecular complexity index is 288. The molecule has 0 aliphatic carbocycles. The van der Waals surface area contributed by atoms with Gasteiger partial charge < -0.3 is 9.84 Å². The fourth-order valence-electron chi connectivity index (χ4n) is 2.27. The number of aliphatic hydroxyl groups excluding tert-OH is 1. The predicted octanol–water partition coefficient (Wildman–Crippen LogP) is 3.78. The zero-order valence-electron chi connectivity index (χ0n) is 10.3. The summed E-state index contributed by atoms with van der Waals surface area (Å²) in [5.74, 6) is 0.149. The van der Waals surface area contributed by atoms with Crippen LogP contribution in [0.4, 0.5) is 0 Å². The van der Waals surface area contributed by atoms with Crippen molar-refractivity contribution in [2.45, 2.75) is 51.1 Å². The second-order valence-electron chi connectivity index (χ2n) is 5.29. The smallest absolute Gasteiger partial charge is 0.279 e. The maximum atomic E-state index is 9.43. The molecule has 0 saturated heterocycles. The quantitative estimate of drug-likeness (QED) is 0.439. The SMILES string of the molecule is C=CCCCC1([Si](C)(C)C)OC(O)=C1C. The Morgan fingerprint density at radius 1 is 1.47 bits per heavy atom. The molecule has 0 aromatic rings. The van der Waals surface area contributed by atoms with E-state index in [-0.39, 0.29) is 11.2 Å². The number of allylic oxidation sites excluding steroid dienone is 1. The highest BCUT2D eigenvalue weighted by Gasteiger charge is 2.54. The molecule has 1 heterocycles. The summed E-state index contributed by atoms with van der Waals surface area (Å²) in [6.07, 6.45) is 5.04. The number of rotatable bonds is 5. The molecule has 0 bridgehead atoms. The molecule has 0 fully saturated rings. The van der Waals surface area contributed by atoms with E-state index in [0.29, 0.717) is 0 Å². The summed E-state index contributed by atoms with van der Waals surface area (Å²) in [6, 6.07) is 0. The fraction of sp³-hybridized carbons (Fsp3) is 0.667. The van der Waals surface area contributed by atoms with Gasteiger partial charge in [0.25, 0.3) is 5.95 Å². The normalized spacial score (nSPS) is 25.9. The van der Waals surface area contributed by atoms with Crippen LogP contribution in [0.3, 0.4) is 0 Å². The van der Waals surface area contributed by atoms with Crippen molar-refractivity contribution >= 4 is 8.07 Å². The van der Waals surface area contributed by atoms with Crippen LogP contribution in [0.15, 0.2) is 24.2 Å². The summed E-state index contributed by atoms with van der Waals surface area (Å²) < 4.78 is 5.61. The van der Waals surface area contributed by atoms with E-state index in [1.807, 2.05) is 13.0 Å². The van der Waals surface area contributed by atoms with Gasteiger partial charge in [-0.15, -0.1) is 6.58 Å². The van der Waals surface area contributed by atoms with E-state index >= 15 is 0 Å². The van der Waals surface area contributed by atoms with E-state index in [1.165, 1.54) is 0 Å². The van der Waals surface area contributed by atoms with E-state index in [2.05, 4.69) is 26.2 Å². The van der Waals surface area contributed by atoms with Crippen molar-refractivity contribution in [2.75, 3.05) is 0 Å². The molecule has 2 nitrogen and oxygen atoms in total. The standard InChI is InChI=1S/C12H22O2Si/c1-6-7-8-9-12(15(3,4)5)10(2)11(13)14-12/h6,13H,1,7-9H2,2-5H3. The monoisotopic (exact) mass is 226 g/mol. The van der Waals surface area contributed by atoms with Gasteiger partial charge in [-0.1, -0.05) is 25.7 Å². The predicted molar refractivity (Wildman–Crippen MR) is 66.5 cm³/mol. The van der Waals surface area contributed by atoms with Gasteiger partial charge in [0.15, 0.2) is 0 Å². The van der Waals surface area contributed by atoms with Gasteiger partial charge in [-0.05, 0) is 26.2 Å². The number of aliphatic hydroxyl groups is 1. The Hall–Kier alpha value is -0.703. The number of ether oxygens (including phenoxy) is 1. The molecule has 0 spiro atoms. The van der Waals surface area contributed by atoms with E-state index in [4.69, 9.17) is 4.74 Å². The van der Waals surface area contributed by atoms with Crippen molar-refractivity contribution in [2.24, 2.45) is 0 Å². The Kier molecular flexibility index (Phi) is 3.33. The average Bonchev–Trinajstić information content (AvgIpc) is 2.14. The van der Waals surface area contributed by atoms with Gasteiger partial charge in [0.2, 0.25) is 0 Å². The maximum Gasteiger partial charge on any atom is 0.279 e. The zero-order valence-corrected chi connectivity index (χ0v) is 11.3. The van der Waals surface area contributed by atoms with E-state index in [0.717, 1.165) is 24.8 Å². The van der Waals surface area contributed by atoms with Crippen LogP contribution < -0.4 is 0 Å². The molecule has 1 aliphatic heterocycles. The summed E-state index contributed by atoms with van der Waals surface area (Å²) in [6.45, 7) is 12.6. The van der Waals surface area contributed by atoms with E-state index in [1.54, 1.807) is 0 Å². The van der Waals surface area contributed by atoms with Crippen molar-refractivity contribution in [1.29, 1.82) is 0 Å². The highest BCUT2D eigenvalue weighted by atomic mass is 28.3. The molecule has 1 N–H and O–H groups in total. The number of hydrogen-bond donors (Lipinski definition) is 1. The van der Waals surface area contributed by atoms with Gasteiger partial charge in [0.1, 0.15) is 13.3 Å². The first-order chi connectivity index (χ1) is 6.85. The van der Waals surface area contributed by atoms with Crippen LogP contribution in [0.2, 0.25) is 19.6 Å². The second kappa shape index (κ2) is 4.04. The Labute approximate surface area is 93.7 Å². The lowest BCUT2D eigenvalue weighted by atomic mass is 10.0. The highest BCUT2D eigenvalue weighted by molar-refractivity contribution is 6.79. The first-order valence-electron chi connectivity index (χ1n) is 5.55. The third kappa shape index (κ3) is 1.98. The molecular formula is C12H22O2Si. The molecule has 15 heavy (non-hydrogen) atoms. The zero-order chi connectivity index (χ0) is 11.7. The van der Waals surface area contributed by atoms with Gasteiger partial charge in [0.05, 0.1) is 0 Å². The molecule has 0 amide bonds. The van der Waals surface area contributed by atoms with Crippen LogP contribution in [-0.2, 0) is 4.74 Å². The summed E-state index contributed by atoms with van der Waals surface area (Å²) in [5, 5.41) is 9.29. The van der Waals surface area contributed by atoms with Crippen molar-refractivity contribution in [1.82, 2.24) is 0 Å². The molecular weight excluding hydrogens is 204 g/mol. The van der Waals surface area contributed by atoms with Crippen LogP contribution >= 0.6 is 0 Å². The Morgan fingerprint density at radius 2 is 2.07 bits per heavy atom.